The van der Waals surface area contributed by atoms with E-state index in [0.29, 0.717) is 11.0 Å². The van der Waals surface area contributed by atoms with Crippen molar-refractivity contribution in [2.45, 2.75) is 0 Å². The van der Waals surface area contributed by atoms with E-state index in [1.54, 1.807) is 24.5 Å². The fraction of sp³-hybridized carbons (Fsp3) is 0. The number of nitrogens with two attached hydrogens (primary N) is 1. The van der Waals surface area contributed by atoms with E-state index in [0.717, 1.165) is 0 Å². The number of hydrazine groups is 1. The van der Waals surface area contributed by atoms with Gasteiger partial charge in [0.2, 0.25) is 0 Å². The number of benzene rings is 1. The standard InChI is InChI=1S/C10H7N2O4/c11-12-10(14)16-9-3-1-2-8-7(9)4-6(5-13)15-8/h1-4H,11H2,(H,12,14). The van der Waals surface area contributed by atoms with Crippen LogP contribution in [0, 0.1) is 0 Å². The quantitative estimate of drug-likeness (QED) is 0.443. The Balaban J connectivity index is 2.48. The molecule has 2 rings (SSSR count). The van der Waals surface area contributed by atoms with Crippen LogP contribution in [0.4, 0.5) is 4.79 Å². The second-order valence-corrected chi connectivity index (χ2v) is 2.91. The Morgan fingerprint density at radius 2 is 2.31 bits per heavy atom. The first-order valence-electron chi connectivity index (χ1n) is 4.33. The number of hydrogen-bond donors (Lipinski definition) is 2. The van der Waals surface area contributed by atoms with Gasteiger partial charge in [0.1, 0.15) is 11.3 Å². The maximum Gasteiger partial charge on any atom is 0.426 e. The Hall–Kier alpha value is -2.34. The van der Waals surface area contributed by atoms with E-state index in [1.165, 1.54) is 6.07 Å². The highest BCUT2D eigenvalue weighted by atomic mass is 16.6. The molecule has 0 aliphatic rings. The van der Waals surface area contributed by atoms with Gasteiger partial charge in [0.15, 0.2) is 5.76 Å². The molecule has 81 valence electrons. The lowest BCUT2D eigenvalue weighted by atomic mass is 10.2. The zero-order valence-corrected chi connectivity index (χ0v) is 8.02. The average Bonchev–Trinajstić information content (AvgIpc) is 2.73. The number of fused-ring (bicyclic) bond motifs is 1. The Labute approximate surface area is 89.9 Å². The number of ether oxygens (including phenoxy) is 1. The van der Waals surface area contributed by atoms with Gasteiger partial charge in [-0.3, -0.25) is 10.2 Å². The fourth-order valence-corrected chi connectivity index (χ4v) is 1.30. The lowest BCUT2D eigenvalue weighted by Crippen LogP contribution is -2.32. The molecule has 3 N–H and O–H groups in total. The first-order chi connectivity index (χ1) is 7.74. The average molecular weight is 219 g/mol. The third-order valence-electron chi connectivity index (χ3n) is 1.94. The SMILES string of the molecule is NNC(=O)Oc1cccc2oc([C]=O)cc12. The van der Waals surface area contributed by atoms with Crippen LogP contribution in [-0.2, 0) is 4.79 Å². The molecule has 0 aliphatic carbocycles. The molecule has 0 spiro atoms. The van der Waals surface area contributed by atoms with Crippen LogP contribution in [0.3, 0.4) is 0 Å². The summed E-state index contributed by atoms with van der Waals surface area (Å²) < 4.78 is 9.98. The third-order valence-corrected chi connectivity index (χ3v) is 1.94. The lowest BCUT2D eigenvalue weighted by molar-refractivity contribution is 0.201. The molecular formula is C10H7N2O4. The molecule has 6 heteroatoms. The fourth-order valence-electron chi connectivity index (χ4n) is 1.30. The summed E-state index contributed by atoms with van der Waals surface area (Å²) in [6.07, 6.45) is 0.813. The normalized spacial score (nSPS) is 10.1. The van der Waals surface area contributed by atoms with Gasteiger partial charge in [0.25, 0.3) is 6.29 Å². The van der Waals surface area contributed by atoms with E-state index >= 15 is 0 Å². The third kappa shape index (κ3) is 1.73. The van der Waals surface area contributed by atoms with Crippen molar-refractivity contribution in [2.75, 3.05) is 0 Å². The highest BCUT2D eigenvalue weighted by Gasteiger charge is 2.11. The van der Waals surface area contributed by atoms with E-state index in [-0.39, 0.29) is 11.5 Å². The topological polar surface area (TPSA) is 94.6 Å². The maximum atomic E-state index is 10.9. The highest BCUT2D eigenvalue weighted by molar-refractivity contribution is 5.91. The molecule has 1 aromatic heterocycles. The summed E-state index contributed by atoms with van der Waals surface area (Å²) in [7, 11) is 0. The van der Waals surface area contributed by atoms with E-state index in [4.69, 9.17) is 15.0 Å². The van der Waals surface area contributed by atoms with Crippen molar-refractivity contribution in [3.05, 3.63) is 30.0 Å². The van der Waals surface area contributed by atoms with Gasteiger partial charge in [-0.2, -0.15) is 0 Å². The molecule has 1 radical (unpaired) electrons. The molecule has 0 fully saturated rings. The number of rotatable bonds is 2. The second kappa shape index (κ2) is 4.03. The van der Waals surface area contributed by atoms with Gasteiger partial charge in [0, 0.05) is 0 Å². The summed E-state index contributed by atoms with van der Waals surface area (Å²) in [6.45, 7) is 0. The summed E-state index contributed by atoms with van der Waals surface area (Å²) in [4.78, 5) is 21.3. The summed E-state index contributed by atoms with van der Waals surface area (Å²) in [5.74, 6) is 5.18. The minimum absolute atomic E-state index is 0.0409. The van der Waals surface area contributed by atoms with Crippen molar-refractivity contribution >= 4 is 23.3 Å². The predicted molar refractivity (Wildman–Crippen MR) is 54.4 cm³/mol. The Kier molecular flexibility index (Phi) is 2.57. The number of carbonyl (C=O) groups excluding carboxylic acids is 2. The zero-order chi connectivity index (χ0) is 11.5. The Morgan fingerprint density at radius 3 is 3.00 bits per heavy atom. The summed E-state index contributed by atoms with van der Waals surface area (Å²) in [5.41, 5.74) is 2.26. The highest BCUT2D eigenvalue weighted by Crippen LogP contribution is 2.28. The van der Waals surface area contributed by atoms with Crippen LogP contribution < -0.4 is 16.0 Å². The van der Waals surface area contributed by atoms with Gasteiger partial charge < -0.3 is 9.15 Å². The van der Waals surface area contributed by atoms with Gasteiger partial charge in [-0.15, -0.1) is 0 Å². The molecule has 6 nitrogen and oxygen atoms in total. The molecule has 0 aliphatic heterocycles. The molecule has 0 atom stereocenters. The van der Waals surface area contributed by atoms with Crippen LogP contribution in [0.1, 0.15) is 5.76 Å². The number of amides is 1. The molecular weight excluding hydrogens is 212 g/mol. The van der Waals surface area contributed by atoms with Crippen molar-refractivity contribution < 1.29 is 18.7 Å². The molecule has 16 heavy (non-hydrogen) atoms. The Morgan fingerprint density at radius 1 is 1.50 bits per heavy atom. The molecule has 1 heterocycles. The lowest BCUT2D eigenvalue weighted by Gasteiger charge is -2.02. The summed E-state index contributed by atoms with van der Waals surface area (Å²) in [6, 6.07) is 6.26. The number of furan rings is 1. The molecule has 1 aromatic carbocycles. The van der Waals surface area contributed by atoms with Crippen molar-refractivity contribution in [3.8, 4) is 5.75 Å². The van der Waals surface area contributed by atoms with Gasteiger partial charge in [0.05, 0.1) is 5.39 Å². The molecule has 2 aromatic rings. The smallest absolute Gasteiger partial charge is 0.426 e. The van der Waals surface area contributed by atoms with Gasteiger partial charge in [-0.1, -0.05) is 6.07 Å². The van der Waals surface area contributed by atoms with E-state index in [9.17, 15) is 9.59 Å². The zero-order valence-electron chi connectivity index (χ0n) is 8.02. The molecule has 0 saturated carbocycles. The number of nitrogens with one attached hydrogen (secondary N) is 1. The molecule has 0 unspecified atom stereocenters. The Bertz CT molecular complexity index is 547. The molecule has 1 amide bonds. The van der Waals surface area contributed by atoms with Crippen LogP contribution >= 0.6 is 0 Å². The van der Waals surface area contributed by atoms with Gasteiger partial charge in [-0.05, 0) is 18.2 Å². The van der Waals surface area contributed by atoms with Crippen LogP contribution in [0.25, 0.3) is 11.0 Å². The predicted octanol–water partition coefficient (Wildman–Crippen LogP) is 0.853. The van der Waals surface area contributed by atoms with Crippen LogP contribution in [0.15, 0.2) is 28.7 Å². The van der Waals surface area contributed by atoms with Crippen LogP contribution in [-0.4, -0.2) is 12.4 Å². The van der Waals surface area contributed by atoms with E-state index in [2.05, 4.69) is 0 Å². The summed E-state index contributed by atoms with van der Waals surface area (Å²) in [5, 5.41) is 0.504. The van der Waals surface area contributed by atoms with Crippen molar-refractivity contribution in [2.24, 2.45) is 5.84 Å². The minimum Gasteiger partial charge on any atom is -0.452 e. The largest absolute Gasteiger partial charge is 0.452 e. The minimum atomic E-state index is -0.801. The van der Waals surface area contributed by atoms with Crippen LogP contribution in [0.2, 0.25) is 0 Å². The van der Waals surface area contributed by atoms with Crippen molar-refractivity contribution in [3.63, 3.8) is 0 Å². The molecule has 0 bridgehead atoms. The second-order valence-electron chi connectivity index (χ2n) is 2.91. The van der Waals surface area contributed by atoms with Crippen molar-refractivity contribution in [1.82, 2.24) is 5.43 Å². The van der Waals surface area contributed by atoms with Gasteiger partial charge in [-0.25, -0.2) is 10.6 Å². The monoisotopic (exact) mass is 219 g/mol. The first-order valence-corrected chi connectivity index (χ1v) is 4.33. The summed E-state index contributed by atoms with van der Waals surface area (Å²) >= 11 is 0. The number of hydrogen-bond acceptors (Lipinski definition) is 5. The van der Waals surface area contributed by atoms with Crippen molar-refractivity contribution in [1.29, 1.82) is 0 Å². The van der Waals surface area contributed by atoms with E-state index in [1.807, 2.05) is 5.43 Å². The van der Waals surface area contributed by atoms with Crippen LogP contribution in [0.5, 0.6) is 5.75 Å². The maximum absolute atomic E-state index is 10.9. The van der Waals surface area contributed by atoms with Gasteiger partial charge >= 0.3 is 6.09 Å². The number of carbonyl (C=O) groups is 1. The molecule has 0 saturated heterocycles. The first kappa shape index (κ1) is 10.2. The van der Waals surface area contributed by atoms with E-state index < -0.39 is 6.09 Å².